The van der Waals surface area contributed by atoms with Crippen molar-refractivity contribution in [2.75, 3.05) is 19.8 Å². The highest BCUT2D eigenvalue weighted by Crippen LogP contribution is 2.18. The largest absolute Gasteiger partial charge is 0.416 e. The first kappa shape index (κ1) is 12.9. The molecule has 0 spiro atoms. The number of carbonyl (C=O) groups excluding carboxylic acids is 1. The van der Waals surface area contributed by atoms with Crippen LogP contribution in [0.1, 0.15) is 19.1 Å². The zero-order valence-electron chi connectivity index (χ0n) is 9.73. The van der Waals surface area contributed by atoms with E-state index in [0.29, 0.717) is 0 Å². The molecule has 0 aliphatic heterocycles. The smallest absolute Gasteiger partial charge is 0.388 e. The molecule has 1 aromatic heterocycles. The van der Waals surface area contributed by atoms with Crippen molar-refractivity contribution >= 4 is 17.9 Å². The van der Waals surface area contributed by atoms with Crippen molar-refractivity contribution in [3.63, 3.8) is 0 Å². The molecule has 0 N–H and O–H groups in total. The number of rotatable bonds is 5. The number of hydrogen-bond donors (Lipinski definition) is 0. The van der Waals surface area contributed by atoms with Gasteiger partial charge in [-0.25, -0.2) is 4.79 Å². The summed E-state index contributed by atoms with van der Waals surface area (Å²) in [6, 6.07) is 1.64. The van der Waals surface area contributed by atoms with Crippen molar-refractivity contribution < 1.29 is 14.1 Å². The molecule has 0 saturated carbocycles. The van der Waals surface area contributed by atoms with E-state index in [1.807, 2.05) is 0 Å². The van der Waals surface area contributed by atoms with Gasteiger partial charge >= 0.3 is 6.09 Å². The molecule has 0 aliphatic carbocycles. The van der Waals surface area contributed by atoms with Crippen molar-refractivity contribution in [1.82, 2.24) is 10.1 Å². The van der Waals surface area contributed by atoms with Crippen LogP contribution in [-0.2, 0) is 5.75 Å². The first-order valence-corrected chi connectivity index (χ1v) is 6.21. The average Bonchev–Trinajstić information content (AvgIpc) is 2.66. The van der Waals surface area contributed by atoms with E-state index in [2.05, 4.69) is 12.1 Å². The number of thioether (sulfide) groups is 1. The molecule has 0 unspecified atom stereocenters. The van der Waals surface area contributed by atoms with Crippen molar-refractivity contribution in [3.8, 4) is 5.88 Å². The second-order valence-electron chi connectivity index (χ2n) is 3.45. The van der Waals surface area contributed by atoms with Gasteiger partial charge in [-0.1, -0.05) is 6.92 Å². The standard InChI is InChI=1S/C10H16N2O3S/c1-4-5-16-7-8-6-9(11-15-8)14-10(13)12(2)3/h6H,4-5,7H2,1-3H3. The molecule has 1 rings (SSSR count). The molecule has 0 aromatic carbocycles. The van der Waals surface area contributed by atoms with Gasteiger partial charge in [0.15, 0.2) is 5.76 Å². The summed E-state index contributed by atoms with van der Waals surface area (Å²) in [6.07, 6.45) is 0.669. The summed E-state index contributed by atoms with van der Waals surface area (Å²) in [7, 11) is 3.22. The van der Waals surface area contributed by atoms with Gasteiger partial charge in [0.2, 0.25) is 0 Å². The summed E-state index contributed by atoms with van der Waals surface area (Å²) in [4.78, 5) is 12.5. The molecule has 0 bridgehead atoms. The Balaban J connectivity index is 2.42. The third kappa shape index (κ3) is 4.14. The van der Waals surface area contributed by atoms with Gasteiger partial charge in [-0.05, 0) is 17.3 Å². The highest BCUT2D eigenvalue weighted by atomic mass is 32.2. The predicted octanol–water partition coefficient (Wildman–Crippen LogP) is 2.38. The van der Waals surface area contributed by atoms with Crippen molar-refractivity contribution in [2.24, 2.45) is 0 Å². The Kier molecular flexibility index (Phi) is 5.18. The Morgan fingerprint density at radius 1 is 1.62 bits per heavy atom. The molecule has 1 amide bonds. The summed E-state index contributed by atoms with van der Waals surface area (Å²) in [6.45, 7) is 2.12. The summed E-state index contributed by atoms with van der Waals surface area (Å²) < 4.78 is 9.96. The molecular weight excluding hydrogens is 228 g/mol. The van der Waals surface area contributed by atoms with Crippen LogP contribution >= 0.6 is 11.8 Å². The molecule has 16 heavy (non-hydrogen) atoms. The Morgan fingerprint density at radius 2 is 2.38 bits per heavy atom. The van der Waals surface area contributed by atoms with Crippen LogP contribution in [0.25, 0.3) is 0 Å². The van der Waals surface area contributed by atoms with E-state index in [0.717, 1.165) is 23.7 Å². The molecule has 0 fully saturated rings. The maximum absolute atomic E-state index is 11.2. The Bertz CT molecular complexity index is 339. The highest BCUT2D eigenvalue weighted by Gasteiger charge is 2.11. The molecule has 0 saturated heterocycles. The molecule has 0 atom stereocenters. The molecule has 1 aromatic rings. The molecule has 0 radical (unpaired) electrons. The lowest BCUT2D eigenvalue weighted by Gasteiger charge is -2.07. The van der Waals surface area contributed by atoms with Crippen LogP contribution < -0.4 is 4.74 Å². The third-order valence-electron chi connectivity index (χ3n) is 1.69. The number of aromatic nitrogens is 1. The summed E-state index contributed by atoms with van der Waals surface area (Å²) in [5, 5.41) is 3.66. The second kappa shape index (κ2) is 6.42. The lowest BCUT2D eigenvalue weighted by Crippen LogP contribution is -2.25. The number of ether oxygens (including phenoxy) is 1. The minimum atomic E-state index is -0.457. The summed E-state index contributed by atoms with van der Waals surface area (Å²) in [5.74, 6) is 2.76. The predicted molar refractivity (Wildman–Crippen MR) is 62.7 cm³/mol. The van der Waals surface area contributed by atoms with E-state index >= 15 is 0 Å². The monoisotopic (exact) mass is 244 g/mol. The molecule has 6 heteroatoms. The lowest BCUT2D eigenvalue weighted by atomic mass is 10.5. The van der Waals surface area contributed by atoms with E-state index in [-0.39, 0.29) is 5.88 Å². The third-order valence-corrected chi connectivity index (χ3v) is 2.87. The van der Waals surface area contributed by atoms with Crippen molar-refractivity contribution in [3.05, 3.63) is 11.8 Å². The highest BCUT2D eigenvalue weighted by molar-refractivity contribution is 7.98. The zero-order chi connectivity index (χ0) is 12.0. The first-order chi connectivity index (χ1) is 7.63. The molecule has 1 heterocycles. The van der Waals surface area contributed by atoms with Gasteiger partial charge in [-0.3, -0.25) is 0 Å². The number of amides is 1. The first-order valence-electron chi connectivity index (χ1n) is 5.06. The van der Waals surface area contributed by atoms with Crippen LogP contribution in [0.5, 0.6) is 5.88 Å². The number of hydrogen-bond acceptors (Lipinski definition) is 5. The SMILES string of the molecule is CCCSCc1cc(OC(=O)N(C)C)no1. The topological polar surface area (TPSA) is 55.6 Å². The van der Waals surface area contributed by atoms with Crippen LogP contribution in [0, 0.1) is 0 Å². The normalized spacial score (nSPS) is 10.2. The van der Waals surface area contributed by atoms with Crippen LogP contribution in [-0.4, -0.2) is 36.0 Å². The van der Waals surface area contributed by atoms with Crippen molar-refractivity contribution in [1.29, 1.82) is 0 Å². The summed E-state index contributed by atoms with van der Waals surface area (Å²) in [5.41, 5.74) is 0. The van der Waals surface area contributed by atoms with Gasteiger partial charge in [0.05, 0.1) is 5.75 Å². The molecule has 5 nitrogen and oxygen atoms in total. The Morgan fingerprint density at radius 3 is 3.00 bits per heavy atom. The fourth-order valence-corrected chi connectivity index (χ4v) is 1.68. The van der Waals surface area contributed by atoms with Gasteiger partial charge in [0, 0.05) is 20.2 Å². The van der Waals surface area contributed by atoms with Crippen LogP contribution in [0.3, 0.4) is 0 Å². The Labute approximate surface area is 99.1 Å². The van der Waals surface area contributed by atoms with E-state index in [1.165, 1.54) is 4.90 Å². The van der Waals surface area contributed by atoms with Crippen LogP contribution in [0.4, 0.5) is 4.79 Å². The van der Waals surface area contributed by atoms with Crippen molar-refractivity contribution in [2.45, 2.75) is 19.1 Å². The minimum absolute atomic E-state index is 0.214. The Hall–Kier alpha value is -1.17. The maximum atomic E-state index is 11.2. The molecular formula is C10H16N2O3S. The van der Waals surface area contributed by atoms with E-state index in [4.69, 9.17) is 9.26 Å². The van der Waals surface area contributed by atoms with Crippen LogP contribution in [0.15, 0.2) is 10.6 Å². The molecule has 90 valence electrons. The molecule has 0 aliphatic rings. The van der Waals surface area contributed by atoms with E-state index in [9.17, 15) is 4.79 Å². The number of nitrogens with zero attached hydrogens (tertiary/aromatic N) is 2. The minimum Gasteiger partial charge on any atom is -0.388 e. The van der Waals surface area contributed by atoms with E-state index in [1.54, 1.807) is 31.9 Å². The summed E-state index contributed by atoms with van der Waals surface area (Å²) >= 11 is 1.76. The maximum Gasteiger partial charge on any atom is 0.416 e. The fraction of sp³-hybridized carbons (Fsp3) is 0.600. The van der Waals surface area contributed by atoms with Gasteiger partial charge < -0.3 is 14.2 Å². The van der Waals surface area contributed by atoms with Gasteiger partial charge in [0.1, 0.15) is 0 Å². The zero-order valence-corrected chi connectivity index (χ0v) is 10.5. The number of carbonyl (C=O) groups is 1. The van der Waals surface area contributed by atoms with E-state index < -0.39 is 6.09 Å². The average molecular weight is 244 g/mol. The fourth-order valence-electron chi connectivity index (χ4n) is 0.908. The van der Waals surface area contributed by atoms with Gasteiger partial charge in [-0.2, -0.15) is 11.8 Å². The van der Waals surface area contributed by atoms with Crippen LogP contribution in [0.2, 0.25) is 0 Å². The van der Waals surface area contributed by atoms with Gasteiger partial charge in [-0.15, -0.1) is 0 Å². The lowest BCUT2D eigenvalue weighted by molar-refractivity contribution is 0.167. The van der Waals surface area contributed by atoms with Gasteiger partial charge in [0.25, 0.3) is 5.88 Å². The second-order valence-corrected chi connectivity index (χ2v) is 4.55. The quantitative estimate of drug-likeness (QED) is 0.744.